The highest BCUT2D eigenvalue weighted by Crippen LogP contribution is 2.21. The van der Waals surface area contributed by atoms with Crippen molar-refractivity contribution in [1.82, 2.24) is 15.1 Å². The molecule has 0 aromatic heterocycles. The molecular formula is C25H33N5O3. The SMILES string of the molecule is CC(C(=O)NC1CCN(Cc2ccccc2)CC1)N1CCN(c2ccc([N+](=O)[O-])cc2)CC1. The van der Waals surface area contributed by atoms with Crippen molar-refractivity contribution < 1.29 is 9.72 Å². The number of non-ortho nitro benzene ring substituents is 1. The molecule has 33 heavy (non-hydrogen) atoms. The molecule has 0 radical (unpaired) electrons. The number of carbonyl (C=O) groups is 1. The fraction of sp³-hybridized carbons (Fsp3) is 0.480. The molecule has 0 bridgehead atoms. The van der Waals surface area contributed by atoms with Crippen molar-refractivity contribution in [2.75, 3.05) is 44.2 Å². The van der Waals surface area contributed by atoms with Crippen molar-refractivity contribution in [3.05, 3.63) is 70.3 Å². The minimum atomic E-state index is -0.380. The molecule has 0 spiro atoms. The highest BCUT2D eigenvalue weighted by Gasteiger charge is 2.28. The van der Waals surface area contributed by atoms with Crippen LogP contribution < -0.4 is 10.2 Å². The quantitative estimate of drug-likeness (QED) is 0.515. The first-order chi connectivity index (χ1) is 16.0. The molecule has 8 nitrogen and oxygen atoms in total. The third-order valence-corrected chi connectivity index (χ3v) is 6.85. The highest BCUT2D eigenvalue weighted by molar-refractivity contribution is 5.81. The number of piperazine rings is 1. The number of nitrogens with one attached hydrogen (secondary N) is 1. The van der Waals surface area contributed by atoms with Gasteiger partial charge in [-0.2, -0.15) is 0 Å². The summed E-state index contributed by atoms with van der Waals surface area (Å²) in [6.45, 7) is 8.14. The number of benzene rings is 2. The molecule has 1 amide bonds. The third kappa shape index (κ3) is 6.09. The largest absolute Gasteiger partial charge is 0.369 e. The molecule has 8 heteroatoms. The molecule has 1 unspecified atom stereocenters. The standard InChI is InChI=1S/C25H33N5O3/c1-20(28-15-17-29(18-16-28)23-7-9-24(10-8-23)30(32)33)25(31)26-22-11-13-27(14-12-22)19-21-5-3-2-4-6-21/h2-10,20,22H,11-19H2,1H3,(H,26,31). The molecule has 2 aliphatic rings. The van der Waals surface area contributed by atoms with Gasteiger partial charge in [-0.05, 0) is 37.5 Å². The van der Waals surface area contributed by atoms with Crippen LogP contribution in [0, 0.1) is 10.1 Å². The lowest BCUT2D eigenvalue weighted by Gasteiger charge is -2.39. The van der Waals surface area contributed by atoms with Crippen LogP contribution in [0.2, 0.25) is 0 Å². The number of nitrogens with zero attached hydrogens (tertiary/aromatic N) is 4. The lowest BCUT2D eigenvalue weighted by molar-refractivity contribution is -0.384. The minimum absolute atomic E-state index is 0.105. The first-order valence-electron chi connectivity index (χ1n) is 11.8. The Morgan fingerprint density at radius 3 is 2.24 bits per heavy atom. The van der Waals surface area contributed by atoms with Gasteiger partial charge in [-0.1, -0.05) is 30.3 Å². The molecule has 2 aromatic rings. The summed E-state index contributed by atoms with van der Waals surface area (Å²) >= 11 is 0. The van der Waals surface area contributed by atoms with E-state index in [1.807, 2.05) is 13.0 Å². The Morgan fingerprint density at radius 2 is 1.64 bits per heavy atom. The van der Waals surface area contributed by atoms with Crippen LogP contribution in [0.5, 0.6) is 0 Å². The van der Waals surface area contributed by atoms with E-state index < -0.39 is 0 Å². The number of amides is 1. The maximum atomic E-state index is 12.9. The monoisotopic (exact) mass is 451 g/mol. The van der Waals surface area contributed by atoms with Crippen molar-refractivity contribution in [2.24, 2.45) is 0 Å². The van der Waals surface area contributed by atoms with Gasteiger partial charge in [0, 0.05) is 69.7 Å². The molecule has 2 saturated heterocycles. The Bertz CT molecular complexity index is 921. The number of likely N-dealkylation sites (tertiary alicyclic amines) is 1. The van der Waals surface area contributed by atoms with Gasteiger partial charge in [0.2, 0.25) is 5.91 Å². The Labute approximate surface area is 195 Å². The normalized spacial score (nSPS) is 19.2. The van der Waals surface area contributed by atoms with Crippen LogP contribution in [0.4, 0.5) is 11.4 Å². The number of carbonyl (C=O) groups excluding carboxylic acids is 1. The van der Waals surface area contributed by atoms with Gasteiger partial charge in [0.1, 0.15) is 0 Å². The van der Waals surface area contributed by atoms with E-state index in [2.05, 4.69) is 44.3 Å². The third-order valence-electron chi connectivity index (χ3n) is 6.85. The lowest BCUT2D eigenvalue weighted by atomic mass is 10.0. The van der Waals surface area contributed by atoms with Gasteiger partial charge in [-0.25, -0.2) is 0 Å². The Kier molecular flexibility index (Phi) is 7.57. The summed E-state index contributed by atoms with van der Waals surface area (Å²) in [4.78, 5) is 30.3. The summed E-state index contributed by atoms with van der Waals surface area (Å²) in [5.74, 6) is 0.111. The Hall–Kier alpha value is -2.97. The summed E-state index contributed by atoms with van der Waals surface area (Å²) in [6.07, 6.45) is 1.97. The van der Waals surface area contributed by atoms with Gasteiger partial charge >= 0.3 is 0 Å². The van der Waals surface area contributed by atoms with E-state index in [1.165, 1.54) is 5.56 Å². The van der Waals surface area contributed by atoms with E-state index in [0.29, 0.717) is 0 Å². The summed E-state index contributed by atoms with van der Waals surface area (Å²) in [5, 5.41) is 14.1. The van der Waals surface area contributed by atoms with Crippen LogP contribution in [0.3, 0.4) is 0 Å². The Balaban J connectivity index is 1.19. The van der Waals surface area contributed by atoms with Gasteiger partial charge in [-0.3, -0.25) is 24.7 Å². The molecule has 2 aromatic carbocycles. The summed E-state index contributed by atoms with van der Waals surface area (Å²) < 4.78 is 0. The zero-order chi connectivity index (χ0) is 23.2. The van der Waals surface area contributed by atoms with E-state index >= 15 is 0 Å². The van der Waals surface area contributed by atoms with Gasteiger partial charge in [0.15, 0.2) is 0 Å². The zero-order valence-corrected chi connectivity index (χ0v) is 19.2. The number of rotatable bonds is 7. The number of hydrogen-bond donors (Lipinski definition) is 1. The predicted octanol–water partition coefficient (Wildman–Crippen LogP) is 2.89. The van der Waals surface area contributed by atoms with Crippen molar-refractivity contribution in [2.45, 2.75) is 38.4 Å². The van der Waals surface area contributed by atoms with E-state index in [9.17, 15) is 14.9 Å². The van der Waals surface area contributed by atoms with E-state index in [-0.39, 0.29) is 28.6 Å². The number of hydrogen-bond acceptors (Lipinski definition) is 6. The van der Waals surface area contributed by atoms with Gasteiger partial charge in [0.05, 0.1) is 11.0 Å². The maximum Gasteiger partial charge on any atom is 0.269 e. The average molecular weight is 452 g/mol. The van der Waals surface area contributed by atoms with Crippen LogP contribution in [0.15, 0.2) is 54.6 Å². The van der Waals surface area contributed by atoms with Crippen molar-refractivity contribution >= 4 is 17.3 Å². The molecule has 0 saturated carbocycles. The van der Waals surface area contributed by atoms with Crippen LogP contribution >= 0.6 is 0 Å². The topological polar surface area (TPSA) is 82.0 Å². The second kappa shape index (κ2) is 10.8. The van der Waals surface area contributed by atoms with E-state index in [1.54, 1.807) is 24.3 Å². The predicted molar refractivity (Wildman–Crippen MR) is 129 cm³/mol. The first kappa shape index (κ1) is 23.2. The fourth-order valence-electron chi connectivity index (χ4n) is 4.72. The molecule has 4 rings (SSSR count). The van der Waals surface area contributed by atoms with Gasteiger partial charge < -0.3 is 10.2 Å². The van der Waals surface area contributed by atoms with Crippen molar-refractivity contribution in [1.29, 1.82) is 0 Å². The minimum Gasteiger partial charge on any atom is -0.369 e. The van der Waals surface area contributed by atoms with Crippen molar-refractivity contribution in [3.63, 3.8) is 0 Å². The number of nitro benzene ring substituents is 1. The van der Waals surface area contributed by atoms with Gasteiger partial charge in [0.25, 0.3) is 5.69 Å². The number of piperidine rings is 1. The number of nitro groups is 1. The van der Waals surface area contributed by atoms with Crippen molar-refractivity contribution in [3.8, 4) is 0 Å². The molecule has 0 aliphatic carbocycles. The fourth-order valence-corrected chi connectivity index (χ4v) is 4.72. The van der Waals surface area contributed by atoms with E-state index in [0.717, 1.165) is 64.3 Å². The molecule has 176 valence electrons. The average Bonchev–Trinajstić information content (AvgIpc) is 2.85. The smallest absolute Gasteiger partial charge is 0.269 e. The van der Waals surface area contributed by atoms with Gasteiger partial charge in [-0.15, -0.1) is 0 Å². The van der Waals surface area contributed by atoms with Crippen LogP contribution in [0.1, 0.15) is 25.3 Å². The molecule has 1 N–H and O–H groups in total. The summed E-state index contributed by atoms with van der Waals surface area (Å²) in [7, 11) is 0. The number of anilines is 1. The van der Waals surface area contributed by atoms with Crippen LogP contribution in [-0.4, -0.2) is 72.0 Å². The van der Waals surface area contributed by atoms with Crippen LogP contribution in [-0.2, 0) is 11.3 Å². The highest BCUT2D eigenvalue weighted by atomic mass is 16.6. The summed E-state index contributed by atoms with van der Waals surface area (Å²) in [5.41, 5.74) is 2.43. The molecule has 2 heterocycles. The second-order valence-corrected chi connectivity index (χ2v) is 9.02. The zero-order valence-electron chi connectivity index (χ0n) is 19.2. The maximum absolute atomic E-state index is 12.9. The molecular weight excluding hydrogens is 418 g/mol. The first-order valence-corrected chi connectivity index (χ1v) is 11.8. The second-order valence-electron chi connectivity index (χ2n) is 9.02. The lowest BCUT2D eigenvalue weighted by Crippen LogP contribution is -2.56. The molecule has 1 atom stereocenters. The summed E-state index contributed by atoms with van der Waals surface area (Å²) in [6, 6.07) is 17.3. The van der Waals surface area contributed by atoms with Crippen LogP contribution in [0.25, 0.3) is 0 Å². The molecule has 2 aliphatic heterocycles. The Morgan fingerprint density at radius 1 is 1.00 bits per heavy atom. The van der Waals surface area contributed by atoms with E-state index in [4.69, 9.17) is 0 Å². The molecule has 2 fully saturated rings.